The molecule has 0 saturated heterocycles. The molecule has 0 aliphatic heterocycles. The van der Waals surface area contributed by atoms with E-state index >= 15 is 0 Å². The van der Waals surface area contributed by atoms with Crippen molar-refractivity contribution in [2.75, 3.05) is 12.9 Å². The van der Waals surface area contributed by atoms with Crippen LogP contribution in [0, 0.1) is 0 Å². The number of thioether (sulfide) groups is 1. The van der Waals surface area contributed by atoms with Gasteiger partial charge in [0.2, 0.25) is 0 Å². The molecule has 1 atom stereocenters. The molecule has 0 aliphatic rings. The molecule has 21 heavy (non-hydrogen) atoms. The molecule has 118 valence electrons. The Balaban J connectivity index is 2.42. The molecule has 0 amide bonds. The van der Waals surface area contributed by atoms with Gasteiger partial charge in [-0.3, -0.25) is 4.79 Å². The highest BCUT2D eigenvalue weighted by Gasteiger charge is 2.31. The molecule has 0 spiro atoms. The van der Waals surface area contributed by atoms with E-state index in [0.29, 0.717) is 23.6 Å². The van der Waals surface area contributed by atoms with E-state index in [1.165, 1.54) is 24.9 Å². The molecule has 1 unspecified atom stereocenters. The van der Waals surface area contributed by atoms with Crippen molar-refractivity contribution in [3.8, 4) is 0 Å². The number of methoxy groups -OCH3 is 1. The van der Waals surface area contributed by atoms with Gasteiger partial charge in [0.05, 0.1) is 17.7 Å². The van der Waals surface area contributed by atoms with Gasteiger partial charge in [-0.1, -0.05) is 0 Å². The van der Waals surface area contributed by atoms with Gasteiger partial charge in [-0.2, -0.15) is 13.2 Å². The number of hydrogen-bond acceptors (Lipinski definition) is 5. The average molecular weight is 322 g/mol. The number of carbonyl (C=O) groups excluding carboxylic acids is 1. The molecule has 2 N–H and O–H groups in total. The first kappa shape index (κ1) is 17.8. The molecule has 0 radical (unpaired) electrons. The number of aromatic nitrogens is 1. The van der Waals surface area contributed by atoms with E-state index in [-0.39, 0.29) is 0 Å². The topological polar surface area (TPSA) is 65.2 Å². The van der Waals surface area contributed by atoms with E-state index in [0.717, 1.165) is 12.3 Å². The van der Waals surface area contributed by atoms with Gasteiger partial charge in [0.15, 0.2) is 0 Å². The summed E-state index contributed by atoms with van der Waals surface area (Å²) in [6.45, 7) is 1.58. The van der Waals surface area contributed by atoms with Gasteiger partial charge >= 0.3 is 12.1 Å². The van der Waals surface area contributed by atoms with Crippen LogP contribution in [0.3, 0.4) is 0 Å². The highest BCUT2D eigenvalue weighted by atomic mass is 32.2. The zero-order valence-electron chi connectivity index (χ0n) is 11.7. The maximum absolute atomic E-state index is 12.4. The second-order valence-corrected chi connectivity index (χ2v) is 5.86. The van der Waals surface area contributed by atoms with Gasteiger partial charge in [0, 0.05) is 6.20 Å². The van der Waals surface area contributed by atoms with Crippen molar-refractivity contribution in [1.82, 2.24) is 4.98 Å². The fourth-order valence-corrected chi connectivity index (χ4v) is 2.37. The van der Waals surface area contributed by atoms with E-state index in [4.69, 9.17) is 5.73 Å². The third-order valence-electron chi connectivity index (χ3n) is 2.81. The third kappa shape index (κ3) is 5.55. The molecule has 1 aromatic rings. The van der Waals surface area contributed by atoms with Gasteiger partial charge in [0.25, 0.3) is 0 Å². The summed E-state index contributed by atoms with van der Waals surface area (Å²) < 4.78 is 41.7. The van der Waals surface area contributed by atoms with Crippen LogP contribution in [0.25, 0.3) is 0 Å². The van der Waals surface area contributed by atoms with Crippen LogP contribution in [0.1, 0.15) is 25.3 Å². The van der Waals surface area contributed by atoms with Crippen molar-refractivity contribution >= 4 is 17.7 Å². The summed E-state index contributed by atoms with van der Waals surface area (Å²) in [4.78, 5) is 15.1. The number of nitrogens with two attached hydrogens (primary N) is 1. The number of nitrogens with zero attached hydrogens (tertiary/aromatic N) is 1. The number of alkyl halides is 3. The normalized spacial score (nSPS) is 14.6. The molecule has 8 heteroatoms. The Kier molecular flexibility index (Phi) is 6.03. The summed E-state index contributed by atoms with van der Waals surface area (Å²) in [5.41, 5.74) is 3.97. The smallest absolute Gasteiger partial charge is 0.417 e. The van der Waals surface area contributed by atoms with Gasteiger partial charge in [-0.15, -0.1) is 11.8 Å². The van der Waals surface area contributed by atoms with Crippen molar-refractivity contribution in [1.29, 1.82) is 0 Å². The number of rotatable bonds is 6. The standard InChI is InChI=1S/C13H17F3N2O2S/c1-12(17,11(19)20-2)6-3-7-21-10-5-4-9(8-18-10)13(14,15)16/h4-5,8H,3,6-7,17H2,1-2H3. The van der Waals surface area contributed by atoms with Crippen molar-refractivity contribution in [2.24, 2.45) is 5.73 Å². The second-order valence-electron chi connectivity index (χ2n) is 4.74. The Morgan fingerprint density at radius 1 is 1.43 bits per heavy atom. The highest BCUT2D eigenvalue weighted by molar-refractivity contribution is 7.99. The van der Waals surface area contributed by atoms with E-state index < -0.39 is 23.2 Å². The molecule has 1 heterocycles. The molecule has 0 aliphatic carbocycles. The minimum Gasteiger partial charge on any atom is -0.468 e. The Labute approximate surface area is 125 Å². The van der Waals surface area contributed by atoms with Crippen LogP contribution in [0.2, 0.25) is 0 Å². The van der Waals surface area contributed by atoms with Crippen LogP contribution in [0.15, 0.2) is 23.4 Å². The van der Waals surface area contributed by atoms with Gasteiger partial charge in [0.1, 0.15) is 5.54 Å². The first-order valence-electron chi connectivity index (χ1n) is 6.20. The van der Waals surface area contributed by atoms with Crippen molar-refractivity contribution in [2.45, 2.75) is 36.5 Å². The molecule has 1 rings (SSSR count). The first-order chi connectivity index (χ1) is 9.66. The predicted octanol–water partition coefficient (Wildman–Crippen LogP) is 2.86. The monoisotopic (exact) mass is 322 g/mol. The van der Waals surface area contributed by atoms with Gasteiger partial charge < -0.3 is 10.5 Å². The fourth-order valence-electron chi connectivity index (χ4n) is 1.58. The van der Waals surface area contributed by atoms with E-state index in [9.17, 15) is 18.0 Å². The zero-order valence-corrected chi connectivity index (χ0v) is 12.6. The summed E-state index contributed by atoms with van der Waals surface area (Å²) in [7, 11) is 1.27. The number of halogens is 3. The third-order valence-corrected chi connectivity index (χ3v) is 3.84. The molecule has 4 nitrogen and oxygen atoms in total. The van der Waals surface area contributed by atoms with Gasteiger partial charge in [-0.05, 0) is 37.7 Å². The number of hydrogen-bond donors (Lipinski definition) is 1. The maximum atomic E-state index is 12.4. The van der Waals surface area contributed by atoms with E-state index in [1.807, 2.05) is 0 Å². The van der Waals surface area contributed by atoms with E-state index in [1.54, 1.807) is 6.92 Å². The minimum absolute atomic E-state index is 0.424. The summed E-state index contributed by atoms with van der Waals surface area (Å²) >= 11 is 1.31. The Hall–Kier alpha value is -1.28. The Bertz CT molecular complexity index is 475. The minimum atomic E-state index is -4.38. The van der Waals surface area contributed by atoms with Crippen molar-refractivity contribution in [3.63, 3.8) is 0 Å². The maximum Gasteiger partial charge on any atom is 0.417 e. The van der Waals surface area contributed by atoms with E-state index in [2.05, 4.69) is 9.72 Å². The fraction of sp³-hybridized carbons (Fsp3) is 0.538. The molecular weight excluding hydrogens is 305 g/mol. The highest BCUT2D eigenvalue weighted by Crippen LogP contribution is 2.29. The molecule has 0 saturated carbocycles. The van der Waals surface area contributed by atoms with Gasteiger partial charge in [-0.25, -0.2) is 4.98 Å². The van der Waals surface area contributed by atoms with Crippen LogP contribution in [-0.2, 0) is 15.7 Å². The zero-order chi connectivity index (χ0) is 16.1. The molecule has 0 bridgehead atoms. The molecule has 1 aromatic heterocycles. The lowest BCUT2D eigenvalue weighted by atomic mass is 9.98. The number of esters is 1. The number of ether oxygens (including phenoxy) is 1. The van der Waals surface area contributed by atoms with Crippen molar-refractivity contribution < 1.29 is 22.7 Å². The molecular formula is C13H17F3N2O2S. The SMILES string of the molecule is COC(=O)C(C)(N)CCCSc1ccc(C(F)(F)F)cn1. The largest absolute Gasteiger partial charge is 0.468 e. The number of carbonyl (C=O) groups is 1. The molecule has 0 fully saturated rings. The summed E-state index contributed by atoms with van der Waals surface area (Å²) in [6, 6.07) is 2.33. The summed E-state index contributed by atoms with van der Waals surface area (Å²) in [5.74, 6) is 0.113. The second kappa shape index (κ2) is 7.13. The first-order valence-corrected chi connectivity index (χ1v) is 7.19. The lowest BCUT2D eigenvalue weighted by molar-refractivity contribution is -0.146. The predicted molar refractivity (Wildman–Crippen MR) is 73.8 cm³/mol. The van der Waals surface area contributed by atoms with Crippen LogP contribution >= 0.6 is 11.8 Å². The van der Waals surface area contributed by atoms with Crippen LogP contribution < -0.4 is 5.73 Å². The summed E-state index contributed by atoms with van der Waals surface area (Å²) in [5, 5.41) is 0.500. The quantitative estimate of drug-likeness (QED) is 0.496. The average Bonchev–Trinajstić information content (AvgIpc) is 2.42. The van der Waals surface area contributed by atoms with Crippen LogP contribution in [-0.4, -0.2) is 29.4 Å². The number of pyridine rings is 1. The lowest BCUT2D eigenvalue weighted by Gasteiger charge is -2.20. The van der Waals surface area contributed by atoms with Crippen molar-refractivity contribution in [3.05, 3.63) is 23.9 Å². The summed E-state index contributed by atoms with van der Waals surface area (Å²) in [6.07, 6.45) is -2.52. The van der Waals surface area contributed by atoms with Crippen LogP contribution in [0.4, 0.5) is 13.2 Å². The lowest BCUT2D eigenvalue weighted by Crippen LogP contribution is -2.45. The molecule has 0 aromatic carbocycles. The Morgan fingerprint density at radius 2 is 2.10 bits per heavy atom. The van der Waals surface area contributed by atoms with Crippen LogP contribution in [0.5, 0.6) is 0 Å². The Morgan fingerprint density at radius 3 is 2.57 bits per heavy atom.